The maximum atomic E-state index is 12.5. The Hall–Kier alpha value is -2.96. The van der Waals surface area contributed by atoms with Crippen LogP contribution in [0, 0.1) is 5.92 Å². The molecule has 0 bridgehead atoms. The van der Waals surface area contributed by atoms with Gasteiger partial charge in [-0.1, -0.05) is 24.3 Å². The Labute approximate surface area is 195 Å². The van der Waals surface area contributed by atoms with Gasteiger partial charge in [-0.15, -0.1) is 0 Å². The molecule has 7 heteroatoms. The van der Waals surface area contributed by atoms with Gasteiger partial charge >= 0.3 is 0 Å². The number of amides is 1. The first-order chi connectivity index (χ1) is 15.9. The summed E-state index contributed by atoms with van der Waals surface area (Å²) >= 11 is 0. The zero-order valence-electron chi connectivity index (χ0n) is 19.6. The molecule has 5 rings (SSSR count). The summed E-state index contributed by atoms with van der Waals surface area (Å²) < 4.78 is 6.10. The minimum absolute atomic E-state index is 0.324. The first kappa shape index (κ1) is 21.9. The van der Waals surface area contributed by atoms with Crippen LogP contribution in [-0.2, 0) is 4.79 Å². The summed E-state index contributed by atoms with van der Waals surface area (Å²) in [5.41, 5.74) is 9.09. The van der Waals surface area contributed by atoms with Crippen LogP contribution in [0.1, 0.15) is 75.8 Å². The highest BCUT2D eigenvalue weighted by Crippen LogP contribution is 2.40. The summed E-state index contributed by atoms with van der Waals surface area (Å²) in [6.07, 6.45) is 9.02. The summed E-state index contributed by atoms with van der Waals surface area (Å²) in [5, 5.41) is 0. The number of rotatable bonds is 4. The molecule has 3 heterocycles. The Kier molecular flexibility index (Phi) is 5.81. The number of hydrogen-bond acceptors (Lipinski definition) is 6. The molecular weight excluding hydrogens is 414 g/mol. The summed E-state index contributed by atoms with van der Waals surface area (Å²) in [6.45, 7) is 5.90. The van der Waals surface area contributed by atoms with Gasteiger partial charge in [0.05, 0.1) is 5.71 Å². The molecule has 7 nitrogen and oxygen atoms in total. The van der Waals surface area contributed by atoms with Crippen LogP contribution in [-0.4, -0.2) is 45.2 Å². The van der Waals surface area contributed by atoms with Gasteiger partial charge in [0.25, 0.3) is 0 Å². The minimum atomic E-state index is -0.616. The number of nitrogens with zero attached hydrogens (tertiary/aromatic N) is 4. The van der Waals surface area contributed by atoms with Gasteiger partial charge in [0, 0.05) is 25.1 Å². The number of benzene rings is 1. The van der Waals surface area contributed by atoms with Crippen molar-refractivity contribution in [2.75, 3.05) is 18.8 Å². The van der Waals surface area contributed by atoms with Crippen LogP contribution < -0.4 is 10.5 Å². The molecule has 1 saturated heterocycles. The molecule has 2 N–H and O–H groups in total. The minimum Gasteiger partial charge on any atom is -0.463 e. The standard InChI is InChI=1S/C26H33N5O2/c1-26(2)23(30-22-24(27)28-16-29-25(22)33-26)20-11-9-19(10-12-20)18-7-5-17(6-8-18)15-21(32)31-13-3-4-14-31/h9-12,16-18H,3-8,13-15H2,1-2H3,(H2,27,28,29). The molecule has 0 radical (unpaired) electrons. The topological polar surface area (TPSA) is 93.7 Å². The van der Waals surface area contributed by atoms with E-state index in [4.69, 9.17) is 15.5 Å². The lowest BCUT2D eigenvalue weighted by Gasteiger charge is -2.32. The molecule has 2 aliphatic heterocycles. The van der Waals surface area contributed by atoms with Crippen LogP contribution in [0.4, 0.5) is 11.5 Å². The van der Waals surface area contributed by atoms with E-state index in [-0.39, 0.29) is 0 Å². The molecule has 1 amide bonds. The lowest BCUT2D eigenvalue weighted by Crippen LogP contribution is -2.41. The van der Waals surface area contributed by atoms with Crippen LogP contribution >= 0.6 is 0 Å². The molecule has 0 spiro atoms. The average molecular weight is 448 g/mol. The second-order valence-corrected chi connectivity index (χ2v) is 10.1. The molecule has 3 aliphatic rings. The number of nitrogen functional groups attached to an aromatic ring is 1. The molecule has 1 saturated carbocycles. The van der Waals surface area contributed by atoms with Gasteiger partial charge in [0.1, 0.15) is 11.9 Å². The third-order valence-corrected chi connectivity index (χ3v) is 7.39. The lowest BCUT2D eigenvalue weighted by atomic mass is 9.77. The molecule has 2 aromatic rings. The average Bonchev–Trinajstić information content (AvgIpc) is 3.34. The summed E-state index contributed by atoms with van der Waals surface area (Å²) in [5.74, 6) is 2.21. The zero-order valence-corrected chi connectivity index (χ0v) is 19.6. The van der Waals surface area contributed by atoms with Crippen LogP contribution in [0.25, 0.3) is 0 Å². The van der Waals surface area contributed by atoms with Gasteiger partial charge < -0.3 is 15.4 Å². The first-order valence-electron chi connectivity index (χ1n) is 12.2. The number of carbonyl (C=O) groups is 1. The highest BCUT2D eigenvalue weighted by Gasteiger charge is 2.35. The summed E-state index contributed by atoms with van der Waals surface area (Å²) in [7, 11) is 0. The van der Waals surface area contributed by atoms with Gasteiger partial charge in [-0.3, -0.25) is 4.79 Å². The lowest BCUT2D eigenvalue weighted by molar-refractivity contribution is -0.131. The number of aromatic nitrogens is 2. The maximum Gasteiger partial charge on any atom is 0.246 e. The molecule has 174 valence electrons. The third-order valence-electron chi connectivity index (χ3n) is 7.39. The van der Waals surface area contributed by atoms with Crippen molar-refractivity contribution in [3.05, 3.63) is 41.7 Å². The van der Waals surface area contributed by atoms with E-state index in [9.17, 15) is 4.79 Å². The number of likely N-dealkylation sites (tertiary alicyclic amines) is 1. The highest BCUT2D eigenvalue weighted by atomic mass is 16.5. The van der Waals surface area contributed by atoms with E-state index in [1.54, 1.807) is 0 Å². The number of fused-ring (bicyclic) bond motifs is 1. The summed E-state index contributed by atoms with van der Waals surface area (Å²) in [6, 6.07) is 8.70. The number of nitrogens with two attached hydrogens (primary N) is 1. The Morgan fingerprint density at radius 1 is 1.09 bits per heavy atom. The van der Waals surface area contributed by atoms with E-state index in [0.717, 1.165) is 69.3 Å². The quantitative estimate of drug-likeness (QED) is 0.737. The van der Waals surface area contributed by atoms with Gasteiger partial charge in [-0.25, -0.2) is 9.98 Å². The fraction of sp³-hybridized carbons (Fsp3) is 0.538. The van der Waals surface area contributed by atoms with Crippen molar-refractivity contribution >= 4 is 23.1 Å². The van der Waals surface area contributed by atoms with E-state index in [1.807, 2.05) is 13.8 Å². The maximum absolute atomic E-state index is 12.5. The molecule has 33 heavy (non-hydrogen) atoms. The fourth-order valence-corrected chi connectivity index (χ4v) is 5.46. The van der Waals surface area contributed by atoms with Crippen molar-refractivity contribution in [3.8, 4) is 5.88 Å². The number of anilines is 1. The second-order valence-electron chi connectivity index (χ2n) is 10.1. The van der Waals surface area contributed by atoms with Crippen LogP contribution in [0.5, 0.6) is 5.88 Å². The predicted molar refractivity (Wildman–Crippen MR) is 129 cm³/mol. The predicted octanol–water partition coefficient (Wildman–Crippen LogP) is 4.64. The van der Waals surface area contributed by atoms with Crippen molar-refractivity contribution in [3.63, 3.8) is 0 Å². The molecule has 1 aliphatic carbocycles. The molecule has 0 atom stereocenters. The van der Waals surface area contributed by atoms with Gasteiger partial charge in [-0.05, 0) is 69.8 Å². The van der Waals surface area contributed by atoms with E-state index in [2.05, 4.69) is 39.1 Å². The highest BCUT2D eigenvalue weighted by molar-refractivity contribution is 6.09. The Balaban J connectivity index is 1.25. The largest absolute Gasteiger partial charge is 0.463 e. The van der Waals surface area contributed by atoms with E-state index in [0.29, 0.717) is 35.1 Å². The Bertz CT molecular complexity index is 1050. The molecular formula is C26H33N5O2. The van der Waals surface area contributed by atoms with Crippen molar-refractivity contribution in [1.29, 1.82) is 0 Å². The SMILES string of the molecule is CC1(C)Oc2ncnc(N)c2N=C1c1ccc(C2CCC(CC(=O)N3CCCC3)CC2)cc1. The number of carbonyl (C=O) groups excluding carboxylic acids is 1. The fourth-order valence-electron chi connectivity index (χ4n) is 5.46. The molecule has 1 aromatic carbocycles. The number of hydrogen-bond donors (Lipinski definition) is 1. The van der Waals surface area contributed by atoms with Crippen molar-refractivity contribution in [2.45, 2.75) is 70.3 Å². The van der Waals surface area contributed by atoms with Crippen molar-refractivity contribution in [1.82, 2.24) is 14.9 Å². The van der Waals surface area contributed by atoms with Crippen LogP contribution in [0.2, 0.25) is 0 Å². The molecule has 2 fully saturated rings. The van der Waals surface area contributed by atoms with Crippen molar-refractivity contribution in [2.24, 2.45) is 10.9 Å². The van der Waals surface area contributed by atoms with E-state index in [1.165, 1.54) is 11.9 Å². The Morgan fingerprint density at radius 2 is 1.79 bits per heavy atom. The van der Waals surface area contributed by atoms with E-state index >= 15 is 0 Å². The van der Waals surface area contributed by atoms with Gasteiger partial charge in [0.2, 0.25) is 11.8 Å². The molecule has 0 unspecified atom stereocenters. The van der Waals surface area contributed by atoms with E-state index < -0.39 is 5.60 Å². The van der Waals surface area contributed by atoms with Gasteiger partial charge in [-0.2, -0.15) is 4.98 Å². The monoisotopic (exact) mass is 447 g/mol. The van der Waals surface area contributed by atoms with Crippen LogP contribution in [0.3, 0.4) is 0 Å². The third kappa shape index (κ3) is 4.45. The number of ether oxygens (including phenoxy) is 1. The smallest absolute Gasteiger partial charge is 0.246 e. The molecule has 1 aromatic heterocycles. The number of aliphatic imine (C=N–C) groups is 1. The Morgan fingerprint density at radius 3 is 2.48 bits per heavy atom. The zero-order chi connectivity index (χ0) is 23.0. The van der Waals surface area contributed by atoms with Crippen LogP contribution in [0.15, 0.2) is 35.6 Å². The normalized spacial score (nSPS) is 24.1. The second kappa shape index (κ2) is 8.76. The van der Waals surface area contributed by atoms with Gasteiger partial charge in [0.15, 0.2) is 11.5 Å². The van der Waals surface area contributed by atoms with Crippen molar-refractivity contribution < 1.29 is 9.53 Å². The summed E-state index contributed by atoms with van der Waals surface area (Å²) in [4.78, 5) is 27.6. The first-order valence-corrected chi connectivity index (χ1v) is 12.2.